The summed E-state index contributed by atoms with van der Waals surface area (Å²) in [5, 5.41) is 0. The molecule has 2 fully saturated rings. The smallest absolute Gasteiger partial charge is 0.226 e. The van der Waals surface area contributed by atoms with Crippen molar-refractivity contribution in [3.63, 3.8) is 0 Å². The maximum Gasteiger partial charge on any atom is 0.226 e. The summed E-state index contributed by atoms with van der Waals surface area (Å²) < 4.78 is 2.27. The second kappa shape index (κ2) is 8.26. The molecule has 1 aromatic heterocycles. The number of hydrogen-bond donors (Lipinski definition) is 0. The zero-order chi connectivity index (χ0) is 18.6. The van der Waals surface area contributed by atoms with Crippen LogP contribution in [0.15, 0.2) is 42.7 Å². The van der Waals surface area contributed by atoms with E-state index in [9.17, 15) is 4.79 Å². The number of hydrogen-bond acceptors (Lipinski definition) is 3. The molecule has 144 valence electrons. The molecule has 1 unspecified atom stereocenters. The highest BCUT2D eigenvalue weighted by atomic mass is 16.2. The van der Waals surface area contributed by atoms with E-state index >= 15 is 0 Å². The van der Waals surface area contributed by atoms with Gasteiger partial charge < -0.3 is 14.4 Å². The van der Waals surface area contributed by atoms with E-state index in [4.69, 9.17) is 0 Å². The summed E-state index contributed by atoms with van der Waals surface area (Å²) in [5.41, 5.74) is 1.30. The van der Waals surface area contributed by atoms with Crippen LogP contribution in [-0.4, -0.2) is 58.5 Å². The molecular weight excluding hydrogens is 336 g/mol. The first-order chi connectivity index (χ1) is 13.2. The Morgan fingerprint density at radius 2 is 1.89 bits per heavy atom. The van der Waals surface area contributed by atoms with E-state index < -0.39 is 0 Å². The molecule has 27 heavy (non-hydrogen) atoms. The van der Waals surface area contributed by atoms with Crippen LogP contribution in [0.25, 0.3) is 0 Å². The van der Waals surface area contributed by atoms with E-state index in [0.29, 0.717) is 11.8 Å². The molecule has 0 aliphatic carbocycles. The third kappa shape index (κ3) is 4.24. The molecule has 2 aliphatic heterocycles. The third-order valence-corrected chi connectivity index (χ3v) is 6.09. The zero-order valence-electron chi connectivity index (χ0n) is 16.3. The molecule has 5 heteroatoms. The van der Waals surface area contributed by atoms with Gasteiger partial charge in [0.1, 0.15) is 5.82 Å². The van der Waals surface area contributed by atoms with Gasteiger partial charge in [0.2, 0.25) is 5.91 Å². The van der Waals surface area contributed by atoms with Crippen LogP contribution < -0.4 is 0 Å². The number of imidazole rings is 1. The number of rotatable bonds is 4. The molecule has 0 saturated carbocycles. The first-order valence-electron chi connectivity index (χ1n) is 10.2. The highest BCUT2D eigenvalue weighted by Gasteiger charge is 2.31. The molecule has 1 atom stereocenters. The van der Waals surface area contributed by atoms with Crippen LogP contribution in [0, 0.1) is 5.92 Å². The summed E-state index contributed by atoms with van der Waals surface area (Å²) in [6.07, 6.45) is 8.20. The fourth-order valence-electron chi connectivity index (χ4n) is 4.58. The van der Waals surface area contributed by atoms with Crippen molar-refractivity contribution in [2.45, 2.75) is 38.1 Å². The molecule has 0 bridgehead atoms. The number of carbonyl (C=O) groups excluding carboxylic acids is 1. The van der Waals surface area contributed by atoms with Gasteiger partial charge in [-0.25, -0.2) is 4.98 Å². The summed E-state index contributed by atoms with van der Waals surface area (Å²) in [6.45, 7) is 4.63. The van der Waals surface area contributed by atoms with Crippen LogP contribution in [-0.2, 0) is 11.3 Å². The van der Waals surface area contributed by atoms with E-state index in [1.807, 2.05) is 6.20 Å². The molecule has 0 radical (unpaired) electrons. The molecule has 1 aromatic carbocycles. The van der Waals surface area contributed by atoms with Gasteiger partial charge in [-0.3, -0.25) is 4.79 Å². The van der Waals surface area contributed by atoms with Gasteiger partial charge in [0.05, 0.1) is 5.92 Å². The van der Waals surface area contributed by atoms with Crippen molar-refractivity contribution >= 4 is 5.91 Å². The van der Waals surface area contributed by atoms with E-state index in [0.717, 1.165) is 58.4 Å². The zero-order valence-corrected chi connectivity index (χ0v) is 16.3. The maximum atomic E-state index is 12.9. The highest BCUT2D eigenvalue weighted by molar-refractivity contribution is 5.79. The quantitative estimate of drug-likeness (QED) is 0.835. The number of carbonyl (C=O) groups is 1. The SMILES string of the molecule is CN1CCCC(C(=O)N2CCC(c3nccn3Cc3ccccc3)CC2)C1. The Hall–Kier alpha value is -2.14. The number of benzene rings is 1. The van der Waals surface area contributed by atoms with Gasteiger partial charge in [-0.2, -0.15) is 0 Å². The first kappa shape index (κ1) is 18.2. The minimum absolute atomic E-state index is 0.195. The second-order valence-electron chi connectivity index (χ2n) is 8.10. The number of piperidine rings is 2. The molecule has 4 rings (SSSR count). The number of aromatic nitrogens is 2. The monoisotopic (exact) mass is 366 g/mol. The summed E-state index contributed by atoms with van der Waals surface area (Å²) in [4.78, 5) is 21.9. The summed E-state index contributed by atoms with van der Waals surface area (Å²) in [7, 11) is 2.12. The Bertz CT molecular complexity index is 749. The van der Waals surface area contributed by atoms with Crippen LogP contribution in [0.2, 0.25) is 0 Å². The van der Waals surface area contributed by atoms with Crippen molar-refractivity contribution < 1.29 is 4.79 Å². The Labute approximate surface area is 162 Å². The summed E-state index contributed by atoms with van der Waals surface area (Å²) in [5.74, 6) is 2.18. The van der Waals surface area contributed by atoms with Gasteiger partial charge in [-0.05, 0) is 44.8 Å². The second-order valence-corrected chi connectivity index (χ2v) is 8.10. The molecule has 5 nitrogen and oxygen atoms in total. The fraction of sp³-hybridized carbons (Fsp3) is 0.545. The van der Waals surface area contributed by atoms with Crippen LogP contribution >= 0.6 is 0 Å². The maximum absolute atomic E-state index is 12.9. The van der Waals surface area contributed by atoms with Gasteiger partial charge in [0, 0.05) is 44.5 Å². The van der Waals surface area contributed by atoms with E-state index in [1.165, 1.54) is 11.4 Å². The number of likely N-dealkylation sites (tertiary alicyclic amines) is 2. The van der Waals surface area contributed by atoms with Crippen LogP contribution in [0.5, 0.6) is 0 Å². The van der Waals surface area contributed by atoms with Gasteiger partial charge in [0.25, 0.3) is 0 Å². The predicted octanol–water partition coefficient (Wildman–Crippen LogP) is 2.98. The molecular formula is C22H30N4O. The first-order valence-corrected chi connectivity index (χ1v) is 10.2. The standard InChI is InChI=1S/C22H30N4O/c1-24-12-5-8-20(17-24)22(27)25-13-9-19(10-14-25)21-23-11-15-26(21)16-18-6-3-2-4-7-18/h2-4,6-7,11,15,19-20H,5,8-10,12-14,16-17H2,1H3. The van der Waals surface area contributed by atoms with Crippen LogP contribution in [0.4, 0.5) is 0 Å². The third-order valence-electron chi connectivity index (χ3n) is 6.09. The van der Waals surface area contributed by atoms with Crippen LogP contribution in [0.3, 0.4) is 0 Å². The van der Waals surface area contributed by atoms with Gasteiger partial charge in [-0.15, -0.1) is 0 Å². The van der Waals surface area contributed by atoms with Gasteiger partial charge >= 0.3 is 0 Å². The van der Waals surface area contributed by atoms with Crippen molar-refractivity contribution in [2.24, 2.45) is 5.92 Å². The van der Waals surface area contributed by atoms with Crippen molar-refractivity contribution in [3.8, 4) is 0 Å². The molecule has 2 aliphatic rings. The molecule has 1 amide bonds. The Kier molecular flexibility index (Phi) is 5.58. The van der Waals surface area contributed by atoms with Crippen molar-refractivity contribution in [3.05, 3.63) is 54.1 Å². The normalized spacial score (nSPS) is 22.1. The average Bonchev–Trinajstić information content (AvgIpc) is 3.16. The van der Waals surface area contributed by atoms with Crippen molar-refractivity contribution in [1.29, 1.82) is 0 Å². The van der Waals surface area contributed by atoms with Crippen LogP contribution in [0.1, 0.15) is 43.0 Å². The Morgan fingerprint density at radius 3 is 2.63 bits per heavy atom. The summed E-state index contributed by atoms with van der Waals surface area (Å²) in [6, 6.07) is 10.5. The lowest BCUT2D eigenvalue weighted by Gasteiger charge is -2.36. The summed E-state index contributed by atoms with van der Waals surface area (Å²) >= 11 is 0. The number of nitrogens with zero attached hydrogens (tertiary/aromatic N) is 4. The predicted molar refractivity (Wildman–Crippen MR) is 107 cm³/mol. The molecule has 2 aromatic rings. The highest BCUT2D eigenvalue weighted by Crippen LogP contribution is 2.29. The molecule has 3 heterocycles. The Morgan fingerprint density at radius 1 is 1.11 bits per heavy atom. The van der Waals surface area contributed by atoms with E-state index in [-0.39, 0.29) is 5.92 Å². The van der Waals surface area contributed by atoms with Crippen molar-refractivity contribution in [2.75, 3.05) is 33.2 Å². The Balaban J connectivity index is 1.36. The minimum atomic E-state index is 0.195. The van der Waals surface area contributed by atoms with Crippen molar-refractivity contribution in [1.82, 2.24) is 19.4 Å². The van der Waals surface area contributed by atoms with Gasteiger partial charge in [0.15, 0.2) is 0 Å². The lowest BCUT2D eigenvalue weighted by molar-refractivity contribution is -0.138. The lowest BCUT2D eigenvalue weighted by Crippen LogP contribution is -2.46. The molecule has 0 N–H and O–H groups in total. The molecule has 0 spiro atoms. The van der Waals surface area contributed by atoms with E-state index in [1.54, 1.807) is 0 Å². The largest absolute Gasteiger partial charge is 0.342 e. The lowest BCUT2D eigenvalue weighted by atomic mass is 9.92. The topological polar surface area (TPSA) is 41.4 Å². The number of amides is 1. The fourth-order valence-corrected chi connectivity index (χ4v) is 4.58. The van der Waals surface area contributed by atoms with Gasteiger partial charge in [-0.1, -0.05) is 30.3 Å². The average molecular weight is 367 g/mol. The van der Waals surface area contributed by atoms with E-state index in [2.05, 4.69) is 62.9 Å². The minimum Gasteiger partial charge on any atom is -0.342 e. The molecule has 2 saturated heterocycles.